The van der Waals surface area contributed by atoms with E-state index in [1.54, 1.807) is 12.1 Å². The molecule has 0 unspecified atom stereocenters. The van der Waals surface area contributed by atoms with E-state index in [0.717, 1.165) is 60.9 Å². The number of aliphatic imine (C=N–C) groups is 1. The molecule has 1 aliphatic carbocycles. The summed E-state index contributed by atoms with van der Waals surface area (Å²) in [6.45, 7) is 7.95. The Hall–Kier alpha value is -2.36. The maximum Gasteiger partial charge on any atom is 0.145 e. The maximum absolute atomic E-state index is 6.50. The van der Waals surface area contributed by atoms with Gasteiger partial charge in [-0.05, 0) is 75.8 Å². The number of hydrogen-bond acceptors (Lipinski definition) is 7. The fourth-order valence-electron chi connectivity index (χ4n) is 5.88. The molecule has 0 atom stereocenters. The average molecular weight is 509 g/mol. The molecule has 4 heterocycles. The van der Waals surface area contributed by atoms with Gasteiger partial charge < -0.3 is 5.73 Å². The number of aryl methyl sites for hydroxylation is 1. The normalized spacial score (nSPS) is 20.4. The Morgan fingerprint density at radius 2 is 1.97 bits per heavy atom. The Bertz CT molecular complexity index is 1140. The van der Waals surface area contributed by atoms with Crippen LogP contribution in [0.1, 0.15) is 86.0 Å². The molecule has 5 rings (SSSR count). The van der Waals surface area contributed by atoms with Gasteiger partial charge in [-0.25, -0.2) is 8.98 Å². The zero-order valence-corrected chi connectivity index (χ0v) is 22.7. The second-order valence-corrected chi connectivity index (χ2v) is 11.5. The van der Waals surface area contributed by atoms with Crippen molar-refractivity contribution >= 4 is 35.8 Å². The molecule has 9 heteroatoms. The number of fused-ring (bicyclic) bond motifs is 1. The molecule has 0 bridgehead atoms. The summed E-state index contributed by atoms with van der Waals surface area (Å²) >= 11 is 1.70. The minimum atomic E-state index is 0.443. The quantitative estimate of drug-likeness (QED) is 0.532. The van der Waals surface area contributed by atoms with E-state index >= 15 is 0 Å². The predicted molar refractivity (Wildman–Crippen MR) is 151 cm³/mol. The Morgan fingerprint density at radius 1 is 1.19 bits per heavy atom. The van der Waals surface area contributed by atoms with E-state index in [0.29, 0.717) is 18.3 Å². The van der Waals surface area contributed by atoms with Crippen LogP contribution in [0.5, 0.6) is 0 Å². The van der Waals surface area contributed by atoms with E-state index in [4.69, 9.17) is 15.9 Å². The number of nitrogens with one attached hydrogen (secondary N) is 1. The van der Waals surface area contributed by atoms with Crippen LogP contribution in [0.4, 0.5) is 0 Å². The zero-order chi connectivity index (χ0) is 25.1. The molecule has 194 valence electrons. The summed E-state index contributed by atoms with van der Waals surface area (Å²) in [5, 5.41) is 9.75. The summed E-state index contributed by atoms with van der Waals surface area (Å²) in [4.78, 5) is 4.55. The molecule has 2 fully saturated rings. The molecule has 3 aliphatic rings. The number of nitrogens with zero attached hydrogens (tertiary/aromatic N) is 6. The van der Waals surface area contributed by atoms with Gasteiger partial charge in [0.2, 0.25) is 0 Å². The highest BCUT2D eigenvalue weighted by molar-refractivity contribution is 7.95. The fraction of sp³-hybridized carbons (Fsp3) is 0.593. The van der Waals surface area contributed by atoms with Gasteiger partial charge in [0.15, 0.2) is 0 Å². The van der Waals surface area contributed by atoms with Gasteiger partial charge in [0, 0.05) is 61.4 Å². The Kier molecular flexibility index (Phi) is 7.98. The van der Waals surface area contributed by atoms with Gasteiger partial charge >= 0.3 is 0 Å². The van der Waals surface area contributed by atoms with Crippen LogP contribution >= 0.6 is 12.1 Å². The molecular weight excluding hydrogens is 468 g/mol. The summed E-state index contributed by atoms with van der Waals surface area (Å²) in [5.41, 5.74) is 13.2. The third-order valence-electron chi connectivity index (χ3n) is 7.81. The van der Waals surface area contributed by atoms with E-state index in [1.165, 1.54) is 43.4 Å². The monoisotopic (exact) mass is 508 g/mol. The van der Waals surface area contributed by atoms with Crippen molar-refractivity contribution in [2.24, 2.45) is 21.7 Å². The lowest BCUT2D eigenvalue weighted by molar-refractivity contribution is 0.308. The SMILES string of the molecule is CNSN1CCC(c2cc(/C(C)=C/c3nn(CC4CCCCC4)cc3C)c3n2N=CCN=C3N)CC1. The lowest BCUT2D eigenvalue weighted by Gasteiger charge is -2.30. The van der Waals surface area contributed by atoms with Gasteiger partial charge in [-0.2, -0.15) is 10.2 Å². The first-order chi connectivity index (χ1) is 17.5. The first-order valence-corrected chi connectivity index (χ1v) is 14.2. The number of hydrogen-bond donors (Lipinski definition) is 2. The van der Waals surface area contributed by atoms with Gasteiger partial charge in [-0.1, -0.05) is 19.3 Å². The molecule has 0 spiro atoms. The smallest absolute Gasteiger partial charge is 0.145 e. The van der Waals surface area contributed by atoms with Crippen LogP contribution in [0, 0.1) is 12.8 Å². The molecule has 8 nitrogen and oxygen atoms in total. The zero-order valence-electron chi connectivity index (χ0n) is 21.9. The maximum atomic E-state index is 6.50. The fourth-order valence-corrected chi connectivity index (χ4v) is 6.53. The summed E-state index contributed by atoms with van der Waals surface area (Å²) in [7, 11) is 1.97. The van der Waals surface area contributed by atoms with Gasteiger partial charge in [0.25, 0.3) is 0 Å². The summed E-state index contributed by atoms with van der Waals surface area (Å²) in [6.07, 6.45) is 15.2. The Labute approximate surface area is 219 Å². The van der Waals surface area contributed by atoms with Crippen molar-refractivity contribution < 1.29 is 0 Å². The van der Waals surface area contributed by atoms with Crippen molar-refractivity contribution in [2.75, 3.05) is 26.7 Å². The van der Waals surface area contributed by atoms with Crippen molar-refractivity contribution in [1.29, 1.82) is 0 Å². The van der Waals surface area contributed by atoms with Crippen LogP contribution in [-0.2, 0) is 6.54 Å². The minimum Gasteiger partial charge on any atom is -0.382 e. The molecule has 1 saturated carbocycles. The highest BCUT2D eigenvalue weighted by Crippen LogP contribution is 2.36. The van der Waals surface area contributed by atoms with Crippen molar-refractivity contribution in [1.82, 2.24) is 23.5 Å². The van der Waals surface area contributed by atoms with Crippen LogP contribution in [0.3, 0.4) is 0 Å². The molecule has 2 aliphatic heterocycles. The second-order valence-electron chi connectivity index (χ2n) is 10.4. The van der Waals surface area contributed by atoms with Crippen LogP contribution in [-0.4, -0.2) is 57.5 Å². The van der Waals surface area contributed by atoms with Gasteiger partial charge in [0.1, 0.15) is 11.5 Å². The third kappa shape index (κ3) is 5.48. The van der Waals surface area contributed by atoms with Crippen molar-refractivity contribution in [2.45, 2.75) is 71.3 Å². The van der Waals surface area contributed by atoms with Crippen molar-refractivity contribution in [3.63, 3.8) is 0 Å². The molecule has 36 heavy (non-hydrogen) atoms. The van der Waals surface area contributed by atoms with E-state index in [2.05, 4.69) is 55.6 Å². The molecule has 0 amide bonds. The highest BCUT2D eigenvalue weighted by Gasteiger charge is 2.28. The molecule has 0 aromatic carbocycles. The molecule has 2 aromatic heterocycles. The van der Waals surface area contributed by atoms with Gasteiger partial charge in [-0.15, -0.1) is 0 Å². The molecule has 0 radical (unpaired) electrons. The van der Waals surface area contributed by atoms with Crippen molar-refractivity contribution in [3.8, 4) is 0 Å². The molecule has 1 saturated heterocycles. The molecular formula is C27H40N8S. The number of allylic oxidation sites excluding steroid dienone is 1. The first kappa shape index (κ1) is 25.3. The highest BCUT2D eigenvalue weighted by atomic mass is 32.2. The van der Waals surface area contributed by atoms with E-state index in [1.807, 2.05) is 13.3 Å². The van der Waals surface area contributed by atoms with Crippen molar-refractivity contribution in [3.05, 3.63) is 40.5 Å². The summed E-state index contributed by atoms with van der Waals surface area (Å²) in [6, 6.07) is 2.30. The number of rotatable bonds is 7. The Balaban J connectivity index is 1.43. The number of piperidine rings is 1. The lowest BCUT2D eigenvalue weighted by Crippen LogP contribution is -2.30. The second kappa shape index (κ2) is 11.4. The van der Waals surface area contributed by atoms with Crippen LogP contribution in [0.15, 0.2) is 22.4 Å². The lowest BCUT2D eigenvalue weighted by atomic mass is 9.89. The van der Waals surface area contributed by atoms with Crippen LogP contribution in [0.25, 0.3) is 11.6 Å². The minimum absolute atomic E-state index is 0.443. The first-order valence-electron chi connectivity index (χ1n) is 13.4. The number of aromatic nitrogens is 3. The molecule has 2 aromatic rings. The predicted octanol–water partition coefficient (Wildman–Crippen LogP) is 4.65. The summed E-state index contributed by atoms with van der Waals surface area (Å²) < 4.78 is 9.80. The van der Waals surface area contributed by atoms with Crippen LogP contribution < -0.4 is 10.5 Å². The van der Waals surface area contributed by atoms with E-state index in [9.17, 15) is 0 Å². The summed E-state index contributed by atoms with van der Waals surface area (Å²) in [5.74, 6) is 1.76. The number of amidine groups is 1. The standard InChI is InChI=1S/C27H40N8S/c1-19(15-24-20(2)17-33(32-24)18-21-7-5-4-6-8-21)23-16-25(22-9-13-34(14-10-22)36-29-3)35-26(23)27(28)30-11-12-31-35/h12,15-17,21-22,29H,4-11,13-14,18H2,1-3H3,(H2,28,30)/b19-15+. The van der Waals surface area contributed by atoms with E-state index < -0.39 is 0 Å². The van der Waals surface area contributed by atoms with Gasteiger partial charge in [0.05, 0.1) is 12.2 Å². The third-order valence-corrected chi connectivity index (χ3v) is 8.62. The molecule has 3 N–H and O–H groups in total. The average Bonchev–Trinajstić information content (AvgIpc) is 3.36. The Morgan fingerprint density at radius 3 is 2.72 bits per heavy atom. The van der Waals surface area contributed by atoms with Gasteiger partial charge in [-0.3, -0.25) is 14.4 Å². The van der Waals surface area contributed by atoms with Crippen LogP contribution in [0.2, 0.25) is 0 Å². The number of nitrogens with two attached hydrogens (primary N) is 1. The topological polar surface area (TPSA) is 88.8 Å². The van der Waals surface area contributed by atoms with E-state index in [-0.39, 0.29) is 0 Å². The largest absolute Gasteiger partial charge is 0.382 e.